The highest BCUT2D eigenvalue weighted by molar-refractivity contribution is 7.90. The zero-order valence-electron chi connectivity index (χ0n) is 17.2. The molecule has 0 aliphatic carbocycles. The van der Waals surface area contributed by atoms with Crippen molar-refractivity contribution in [2.24, 2.45) is 0 Å². The molecule has 5 rings (SSSR count). The number of rotatable bonds is 3. The van der Waals surface area contributed by atoms with E-state index in [9.17, 15) is 8.42 Å². The van der Waals surface area contributed by atoms with E-state index in [-0.39, 0.29) is 17.5 Å². The van der Waals surface area contributed by atoms with Gasteiger partial charge in [0, 0.05) is 57.3 Å². The third-order valence-corrected chi connectivity index (χ3v) is 7.69. The summed E-state index contributed by atoms with van der Waals surface area (Å²) in [5.41, 5.74) is 4.58. The Morgan fingerprint density at radius 2 is 1.93 bits per heavy atom. The van der Waals surface area contributed by atoms with Crippen LogP contribution < -0.4 is 4.90 Å². The molecule has 8 nitrogen and oxygen atoms in total. The van der Waals surface area contributed by atoms with E-state index in [2.05, 4.69) is 43.8 Å². The van der Waals surface area contributed by atoms with Crippen LogP contribution in [0.4, 0.5) is 5.95 Å². The molecule has 1 saturated heterocycles. The first-order chi connectivity index (χ1) is 14.4. The van der Waals surface area contributed by atoms with Crippen LogP contribution >= 0.6 is 0 Å². The van der Waals surface area contributed by atoms with Gasteiger partial charge < -0.3 is 9.32 Å². The molecule has 3 aromatic rings. The molecule has 0 saturated carbocycles. The summed E-state index contributed by atoms with van der Waals surface area (Å²) in [6.07, 6.45) is 2.17. The van der Waals surface area contributed by atoms with E-state index in [1.165, 1.54) is 5.56 Å². The Morgan fingerprint density at radius 1 is 1.13 bits per heavy atom. The molecule has 4 heterocycles. The Hall–Kier alpha value is -2.52. The Kier molecular flexibility index (Phi) is 4.74. The van der Waals surface area contributed by atoms with E-state index in [1.807, 2.05) is 13.0 Å². The van der Waals surface area contributed by atoms with Gasteiger partial charge in [-0.2, -0.15) is 0 Å². The molecule has 1 unspecified atom stereocenters. The molecule has 0 amide bonds. The maximum Gasteiger partial charge on any atom is 0.225 e. The fraction of sp³-hybridized carbons (Fsp3) is 0.476. The lowest BCUT2D eigenvalue weighted by atomic mass is 10.1. The van der Waals surface area contributed by atoms with Crippen LogP contribution in [0.5, 0.6) is 0 Å². The fourth-order valence-corrected chi connectivity index (χ4v) is 5.69. The van der Waals surface area contributed by atoms with Crippen molar-refractivity contribution in [2.45, 2.75) is 32.1 Å². The second kappa shape index (κ2) is 7.31. The minimum atomic E-state index is -3.00. The van der Waals surface area contributed by atoms with Crippen LogP contribution in [0, 0.1) is 6.92 Å². The summed E-state index contributed by atoms with van der Waals surface area (Å²) in [5, 5.41) is 0. The smallest absolute Gasteiger partial charge is 0.225 e. The first-order valence-corrected chi connectivity index (χ1v) is 12.1. The van der Waals surface area contributed by atoms with Crippen molar-refractivity contribution in [2.75, 3.05) is 36.8 Å². The summed E-state index contributed by atoms with van der Waals surface area (Å²) in [5.74, 6) is 1.63. The summed E-state index contributed by atoms with van der Waals surface area (Å²) in [6.45, 7) is 7.58. The molecular formula is C21H25N5O3S. The van der Waals surface area contributed by atoms with E-state index in [0.717, 1.165) is 48.5 Å². The van der Waals surface area contributed by atoms with E-state index < -0.39 is 9.84 Å². The molecule has 0 radical (unpaired) electrons. The fourth-order valence-electron chi connectivity index (χ4n) is 4.32. The Labute approximate surface area is 175 Å². The number of anilines is 1. The maximum atomic E-state index is 11.8. The molecule has 9 heteroatoms. The average molecular weight is 428 g/mol. The molecular weight excluding hydrogens is 402 g/mol. The third kappa shape index (κ3) is 3.67. The lowest BCUT2D eigenvalue weighted by Gasteiger charge is -2.38. The zero-order valence-corrected chi connectivity index (χ0v) is 18.0. The van der Waals surface area contributed by atoms with Gasteiger partial charge >= 0.3 is 0 Å². The zero-order chi connectivity index (χ0) is 20.9. The second-order valence-corrected chi connectivity index (χ2v) is 10.3. The number of oxazole rings is 1. The maximum absolute atomic E-state index is 11.8. The van der Waals surface area contributed by atoms with Crippen molar-refractivity contribution in [1.29, 1.82) is 0 Å². The minimum absolute atomic E-state index is 0.0588. The Bertz CT molecular complexity index is 1200. The van der Waals surface area contributed by atoms with Crippen molar-refractivity contribution in [3.05, 3.63) is 47.1 Å². The highest BCUT2D eigenvalue weighted by Gasteiger charge is 2.27. The van der Waals surface area contributed by atoms with Gasteiger partial charge in [0.25, 0.3) is 0 Å². The first-order valence-electron chi connectivity index (χ1n) is 10.3. The van der Waals surface area contributed by atoms with Gasteiger partial charge in [0.05, 0.1) is 17.2 Å². The largest absolute Gasteiger partial charge is 0.441 e. The quantitative estimate of drug-likeness (QED) is 0.629. The molecule has 1 aromatic carbocycles. The van der Waals surface area contributed by atoms with E-state index in [1.54, 1.807) is 6.20 Å². The number of hydrogen-bond donors (Lipinski definition) is 0. The highest BCUT2D eigenvalue weighted by atomic mass is 32.2. The van der Waals surface area contributed by atoms with E-state index in [0.29, 0.717) is 18.3 Å². The SMILES string of the molecule is Cc1nc2cc(C(C)N3CCN(c4ncc5c(n4)CCS(=O)(=O)C5)CC3)ccc2o1. The lowest BCUT2D eigenvalue weighted by Crippen LogP contribution is -2.47. The van der Waals surface area contributed by atoms with Gasteiger partial charge in [-0.3, -0.25) is 4.90 Å². The number of aryl methyl sites for hydroxylation is 2. The number of hydrogen-bond acceptors (Lipinski definition) is 8. The summed E-state index contributed by atoms with van der Waals surface area (Å²) in [4.78, 5) is 18.2. The van der Waals surface area contributed by atoms with Gasteiger partial charge in [0.2, 0.25) is 5.95 Å². The van der Waals surface area contributed by atoms with Gasteiger partial charge in [-0.05, 0) is 24.6 Å². The molecule has 0 N–H and O–H groups in total. The summed E-state index contributed by atoms with van der Waals surface area (Å²) >= 11 is 0. The Balaban J connectivity index is 1.26. The molecule has 2 aliphatic heterocycles. The van der Waals surface area contributed by atoms with Crippen molar-refractivity contribution < 1.29 is 12.8 Å². The Morgan fingerprint density at radius 3 is 2.73 bits per heavy atom. The van der Waals surface area contributed by atoms with Gasteiger partial charge in [-0.15, -0.1) is 0 Å². The van der Waals surface area contributed by atoms with Crippen molar-refractivity contribution in [1.82, 2.24) is 19.9 Å². The average Bonchev–Trinajstić information content (AvgIpc) is 3.11. The van der Waals surface area contributed by atoms with Crippen LogP contribution in [-0.4, -0.2) is 60.2 Å². The number of sulfone groups is 1. The highest BCUT2D eigenvalue weighted by Crippen LogP contribution is 2.27. The molecule has 1 atom stereocenters. The van der Waals surface area contributed by atoms with Crippen LogP contribution in [0.1, 0.15) is 35.7 Å². The molecule has 2 aliphatic rings. The van der Waals surface area contributed by atoms with Gasteiger partial charge in [-0.1, -0.05) is 6.07 Å². The van der Waals surface area contributed by atoms with Crippen molar-refractivity contribution >= 4 is 26.9 Å². The predicted molar refractivity (Wildman–Crippen MR) is 114 cm³/mol. The molecule has 1 fully saturated rings. The number of piperazine rings is 1. The standard InChI is InChI=1S/C21H25N5O3S/c1-14(16-3-4-20-19(11-16)23-15(2)29-20)25-6-8-26(9-7-25)21-22-12-17-13-30(27,28)10-5-18(17)24-21/h3-4,11-12,14H,5-10,13H2,1-2H3. The lowest BCUT2D eigenvalue weighted by molar-refractivity contribution is 0.198. The second-order valence-electron chi connectivity index (χ2n) is 8.14. The van der Waals surface area contributed by atoms with Crippen molar-refractivity contribution in [3.8, 4) is 0 Å². The summed E-state index contributed by atoms with van der Waals surface area (Å²) < 4.78 is 29.2. The molecule has 30 heavy (non-hydrogen) atoms. The summed E-state index contributed by atoms with van der Waals surface area (Å²) in [7, 11) is -3.00. The van der Waals surface area contributed by atoms with Crippen LogP contribution in [0.25, 0.3) is 11.1 Å². The van der Waals surface area contributed by atoms with Gasteiger partial charge in [0.1, 0.15) is 5.52 Å². The molecule has 158 valence electrons. The topological polar surface area (TPSA) is 92.4 Å². The third-order valence-electron chi connectivity index (χ3n) is 6.11. The molecule has 0 bridgehead atoms. The van der Waals surface area contributed by atoms with Crippen LogP contribution in [0.2, 0.25) is 0 Å². The number of aromatic nitrogens is 3. The summed E-state index contributed by atoms with van der Waals surface area (Å²) in [6, 6.07) is 6.51. The predicted octanol–water partition coefficient (Wildman–Crippen LogP) is 2.28. The first kappa shape index (κ1) is 19.4. The van der Waals surface area contributed by atoms with Crippen molar-refractivity contribution in [3.63, 3.8) is 0 Å². The van der Waals surface area contributed by atoms with E-state index >= 15 is 0 Å². The minimum Gasteiger partial charge on any atom is -0.441 e. The number of benzene rings is 1. The van der Waals surface area contributed by atoms with Crippen LogP contribution in [0.15, 0.2) is 28.8 Å². The van der Waals surface area contributed by atoms with Gasteiger partial charge in [0.15, 0.2) is 21.3 Å². The molecule has 0 spiro atoms. The molecule has 2 aromatic heterocycles. The van der Waals surface area contributed by atoms with Crippen LogP contribution in [0.3, 0.4) is 0 Å². The van der Waals surface area contributed by atoms with Crippen LogP contribution in [-0.2, 0) is 22.0 Å². The normalized spacial score (nSPS) is 20.3. The monoisotopic (exact) mass is 427 g/mol. The number of fused-ring (bicyclic) bond motifs is 2. The number of nitrogens with zero attached hydrogens (tertiary/aromatic N) is 5. The van der Waals surface area contributed by atoms with Gasteiger partial charge in [-0.25, -0.2) is 23.4 Å². The van der Waals surface area contributed by atoms with E-state index in [4.69, 9.17) is 4.42 Å².